The van der Waals surface area contributed by atoms with Crippen LogP contribution in [0.2, 0.25) is 0 Å². The highest BCUT2D eigenvalue weighted by Crippen LogP contribution is 2.63. The molecule has 0 radical (unpaired) electrons. The Balaban J connectivity index is 1.06. The number of hydrogen-bond donors (Lipinski definition) is 1. The number of nitrogens with zero attached hydrogens (tertiary/aromatic N) is 2. The lowest BCUT2D eigenvalue weighted by Gasteiger charge is -2.40. The van der Waals surface area contributed by atoms with Gasteiger partial charge in [0, 0.05) is 32.4 Å². The summed E-state index contributed by atoms with van der Waals surface area (Å²) in [6.07, 6.45) is 2.97. The summed E-state index contributed by atoms with van der Waals surface area (Å²) in [4.78, 5) is 11.3. The number of nitrogens with one attached hydrogen (secondary N) is 1. The maximum Gasteiger partial charge on any atom is 0.159 e. The minimum Gasteiger partial charge on any atom is -0.456 e. The minimum absolute atomic E-state index is 0.165. The molecule has 10 rings (SSSR count). The maximum absolute atomic E-state index is 6.97. The predicted molar refractivity (Wildman–Crippen MR) is 200 cm³/mol. The zero-order valence-corrected chi connectivity index (χ0v) is 27.4. The van der Waals surface area contributed by atoms with Gasteiger partial charge in [-0.1, -0.05) is 152 Å². The van der Waals surface area contributed by atoms with Crippen molar-refractivity contribution in [3.05, 3.63) is 202 Å². The second kappa shape index (κ2) is 11.2. The molecule has 1 spiro atoms. The summed E-state index contributed by atoms with van der Waals surface area (Å²) in [7, 11) is 0. The Bertz CT molecular complexity index is 2320. The Morgan fingerprint density at radius 3 is 2.02 bits per heavy atom. The van der Waals surface area contributed by atoms with Crippen LogP contribution in [0.4, 0.5) is 0 Å². The molecule has 234 valence electrons. The molecule has 3 heterocycles. The summed E-state index contributed by atoms with van der Waals surface area (Å²) in [6.45, 7) is 0. The van der Waals surface area contributed by atoms with Gasteiger partial charge in [0.1, 0.15) is 23.5 Å². The van der Waals surface area contributed by atoms with E-state index in [1.165, 1.54) is 38.9 Å². The van der Waals surface area contributed by atoms with Crippen LogP contribution in [0.25, 0.3) is 11.1 Å². The van der Waals surface area contributed by atoms with Gasteiger partial charge in [0.15, 0.2) is 5.84 Å². The Morgan fingerprint density at radius 1 is 0.633 bits per heavy atom. The third-order valence-corrected chi connectivity index (χ3v) is 11.5. The molecule has 0 fully saturated rings. The van der Waals surface area contributed by atoms with Gasteiger partial charge in [0.2, 0.25) is 0 Å². The fraction of sp³-hybridized carbons (Fsp3) is 0.0909. The zero-order valence-electron chi connectivity index (χ0n) is 26.6. The number of benzene rings is 6. The summed E-state index contributed by atoms with van der Waals surface area (Å²) >= 11 is 1.85. The van der Waals surface area contributed by atoms with Crippen molar-refractivity contribution in [1.29, 1.82) is 0 Å². The molecule has 1 N–H and O–H groups in total. The molecule has 1 aliphatic carbocycles. The van der Waals surface area contributed by atoms with E-state index in [4.69, 9.17) is 14.7 Å². The molecule has 5 heteroatoms. The van der Waals surface area contributed by atoms with Gasteiger partial charge in [-0.3, -0.25) is 0 Å². The highest BCUT2D eigenvalue weighted by Gasteiger charge is 2.51. The van der Waals surface area contributed by atoms with Crippen LogP contribution >= 0.6 is 11.8 Å². The standard InChI is InChI=1S/C44H31N3OS/c1-3-14-28(15-4-1)41-45-42(29-16-5-2-6-17-29)47-43(46-41)39-27-26-38(49-39)32-20-13-24-36-40(32)48-37-25-12-11-23-35(37)44(36)33-21-9-7-18-30(33)31-19-8-10-22-34(31)44/h1-25,27,38,41H,26H2,(H,45,46,47). The van der Waals surface area contributed by atoms with Crippen LogP contribution in [0.5, 0.6) is 11.5 Å². The summed E-state index contributed by atoms with van der Waals surface area (Å²) < 4.78 is 6.97. The fourth-order valence-electron chi connectivity index (χ4n) is 8.06. The molecule has 6 aromatic carbocycles. The first-order valence-electron chi connectivity index (χ1n) is 16.8. The van der Waals surface area contributed by atoms with E-state index < -0.39 is 5.41 Å². The minimum atomic E-state index is -0.466. The average Bonchev–Trinajstić information content (AvgIpc) is 3.78. The van der Waals surface area contributed by atoms with Crippen molar-refractivity contribution in [2.75, 3.05) is 0 Å². The van der Waals surface area contributed by atoms with Crippen molar-refractivity contribution >= 4 is 23.4 Å². The van der Waals surface area contributed by atoms with Crippen LogP contribution in [-0.4, -0.2) is 11.7 Å². The van der Waals surface area contributed by atoms with Gasteiger partial charge in [-0.25, -0.2) is 9.98 Å². The van der Waals surface area contributed by atoms with Gasteiger partial charge < -0.3 is 10.1 Å². The van der Waals surface area contributed by atoms with Gasteiger partial charge in [-0.2, -0.15) is 0 Å². The van der Waals surface area contributed by atoms with E-state index in [1.807, 2.05) is 36.0 Å². The van der Waals surface area contributed by atoms with Gasteiger partial charge in [0.25, 0.3) is 0 Å². The molecule has 6 aromatic rings. The smallest absolute Gasteiger partial charge is 0.159 e. The molecule has 0 saturated heterocycles. The molecular formula is C44H31N3OS. The molecule has 0 bridgehead atoms. The van der Waals surface area contributed by atoms with E-state index in [0.717, 1.165) is 45.6 Å². The molecule has 2 unspecified atom stereocenters. The normalized spacial score (nSPS) is 19.3. The summed E-state index contributed by atoms with van der Waals surface area (Å²) in [5.74, 6) is 3.48. The van der Waals surface area contributed by atoms with Crippen molar-refractivity contribution in [3.63, 3.8) is 0 Å². The van der Waals surface area contributed by atoms with Crippen LogP contribution in [0.15, 0.2) is 173 Å². The lowest BCUT2D eigenvalue weighted by molar-refractivity contribution is 0.430. The Kier molecular flexibility index (Phi) is 6.49. The van der Waals surface area contributed by atoms with Crippen molar-refractivity contribution in [1.82, 2.24) is 5.32 Å². The molecule has 4 aliphatic rings. The van der Waals surface area contributed by atoms with Crippen LogP contribution in [0.1, 0.15) is 56.8 Å². The SMILES string of the molecule is C1=C(C2=NC(c3ccccc3)=NC(c3ccccc3)N2)SC(c2cccc3c2Oc2ccccc2C32c3ccccc3-c3ccccc32)C1. The lowest BCUT2D eigenvalue weighted by Crippen LogP contribution is -2.33. The van der Waals surface area contributed by atoms with Crippen molar-refractivity contribution in [3.8, 4) is 22.6 Å². The first kappa shape index (κ1) is 28.4. The molecule has 2 atom stereocenters. The second-order valence-electron chi connectivity index (χ2n) is 12.8. The third-order valence-electron chi connectivity index (χ3n) is 10.2. The number of para-hydroxylation sites is 2. The van der Waals surface area contributed by atoms with E-state index in [2.05, 4.69) is 139 Å². The molecule has 49 heavy (non-hydrogen) atoms. The Morgan fingerprint density at radius 2 is 1.27 bits per heavy atom. The largest absolute Gasteiger partial charge is 0.456 e. The predicted octanol–water partition coefficient (Wildman–Crippen LogP) is 10.4. The maximum atomic E-state index is 6.97. The second-order valence-corrected chi connectivity index (χ2v) is 14.1. The number of ether oxygens (including phenoxy) is 1. The van der Waals surface area contributed by atoms with Gasteiger partial charge >= 0.3 is 0 Å². The number of amidine groups is 2. The Hall–Kier alpha value is -5.65. The third kappa shape index (κ3) is 4.32. The van der Waals surface area contributed by atoms with Gasteiger partial charge in [-0.15, -0.1) is 11.8 Å². The van der Waals surface area contributed by atoms with E-state index in [-0.39, 0.29) is 11.4 Å². The highest BCUT2D eigenvalue weighted by atomic mass is 32.2. The van der Waals surface area contributed by atoms with Gasteiger partial charge in [0.05, 0.1) is 5.41 Å². The topological polar surface area (TPSA) is 46.0 Å². The quantitative estimate of drug-likeness (QED) is 0.206. The lowest BCUT2D eigenvalue weighted by atomic mass is 9.65. The van der Waals surface area contributed by atoms with Crippen LogP contribution < -0.4 is 10.1 Å². The molecule has 3 aliphatic heterocycles. The Labute approximate surface area is 290 Å². The van der Waals surface area contributed by atoms with E-state index in [0.29, 0.717) is 0 Å². The number of aliphatic imine (C=N–C) groups is 2. The number of thioether (sulfide) groups is 1. The highest BCUT2D eigenvalue weighted by molar-refractivity contribution is 8.04. The van der Waals surface area contributed by atoms with E-state index in [9.17, 15) is 0 Å². The first-order valence-corrected chi connectivity index (χ1v) is 17.7. The van der Waals surface area contributed by atoms with E-state index in [1.54, 1.807) is 0 Å². The van der Waals surface area contributed by atoms with Crippen molar-refractivity contribution < 1.29 is 4.74 Å². The molecule has 0 amide bonds. The van der Waals surface area contributed by atoms with Crippen LogP contribution in [-0.2, 0) is 5.41 Å². The first-order chi connectivity index (χ1) is 24.3. The monoisotopic (exact) mass is 649 g/mol. The number of allylic oxidation sites excluding steroid dienone is 1. The van der Waals surface area contributed by atoms with Crippen LogP contribution in [0, 0.1) is 0 Å². The number of hydrogen-bond acceptors (Lipinski definition) is 5. The van der Waals surface area contributed by atoms with Gasteiger partial charge in [-0.05, 0) is 40.3 Å². The molecule has 0 saturated carbocycles. The average molecular weight is 650 g/mol. The van der Waals surface area contributed by atoms with Crippen LogP contribution in [0.3, 0.4) is 0 Å². The van der Waals surface area contributed by atoms with E-state index >= 15 is 0 Å². The fourth-order valence-corrected chi connectivity index (χ4v) is 9.28. The zero-order chi connectivity index (χ0) is 32.4. The summed E-state index contributed by atoms with van der Waals surface area (Å²) in [6, 6.07) is 53.8. The molecule has 0 aromatic heterocycles. The number of fused-ring (bicyclic) bond motifs is 9. The number of rotatable bonds is 4. The summed E-state index contributed by atoms with van der Waals surface area (Å²) in [5.41, 5.74) is 10.4. The summed E-state index contributed by atoms with van der Waals surface area (Å²) in [5, 5.41) is 3.83. The molecule has 4 nitrogen and oxygen atoms in total. The van der Waals surface area contributed by atoms with Crippen molar-refractivity contribution in [2.45, 2.75) is 23.3 Å². The molecular weight excluding hydrogens is 619 g/mol. The van der Waals surface area contributed by atoms with Crippen molar-refractivity contribution in [2.24, 2.45) is 9.98 Å².